The number of hydrogen-bond acceptors (Lipinski definition) is 5. The number of methoxy groups -OCH3 is 1. The smallest absolute Gasteiger partial charge is 0.251 e. The van der Waals surface area contributed by atoms with Crippen molar-refractivity contribution in [2.75, 3.05) is 33.3 Å². The van der Waals surface area contributed by atoms with Crippen LogP contribution in [0.2, 0.25) is 0 Å². The van der Waals surface area contributed by atoms with Crippen molar-refractivity contribution in [2.24, 2.45) is 5.92 Å². The van der Waals surface area contributed by atoms with E-state index in [-0.39, 0.29) is 11.9 Å². The van der Waals surface area contributed by atoms with Crippen molar-refractivity contribution < 1.29 is 17.9 Å². The first kappa shape index (κ1) is 27.8. The summed E-state index contributed by atoms with van der Waals surface area (Å²) < 4.78 is 32.6. The Balaban J connectivity index is 1.33. The standard InChI is InChI=1S/C30H37N3O4S/c1-23(2)21-29(25-13-15-27(37-3)16-14-25)31-30(34)26-11-9-24(10-12-26)22-32-17-19-33(20-18-32)38(35,36)28-7-5-4-6-8-28/h4-16,23,29H,17-22H2,1-3H3,(H,31,34)/t29-/m1/s1. The number of nitrogens with one attached hydrogen (secondary N) is 1. The molecule has 0 saturated carbocycles. The van der Waals surface area contributed by atoms with Gasteiger partial charge in [0.05, 0.1) is 18.0 Å². The van der Waals surface area contributed by atoms with Crippen LogP contribution in [0.3, 0.4) is 0 Å². The molecule has 1 fully saturated rings. The van der Waals surface area contributed by atoms with Crippen molar-refractivity contribution in [3.63, 3.8) is 0 Å². The van der Waals surface area contributed by atoms with Crippen molar-refractivity contribution in [2.45, 2.75) is 37.8 Å². The average Bonchev–Trinajstić information content (AvgIpc) is 2.93. The van der Waals surface area contributed by atoms with Crippen LogP contribution in [-0.4, -0.2) is 56.8 Å². The number of hydrogen-bond donors (Lipinski definition) is 1. The van der Waals surface area contributed by atoms with E-state index in [0.29, 0.717) is 49.1 Å². The third-order valence-electron chi connectivity index (χ3n) is 6.87. The SMILES string of the molecule is COc1ccc([C@@H](CC(C)C)NC(=O)c2ccc(CN3CCN(S(=O)(=O)c4ccccc4)CC3)cc2)cc1. The lowest BCUT2D eigenvalue weighted by atomic mass is 9.96. The number of carbonyl (C=O) groups excluding carboxylic acids is 1. The summed E-state index contributed by atoms with van der Waals surface area (Å²) in [6.07, 6.45) is 0.835. The van der Waals surface area contributed by atoms with Crippen LogP contribution >= 0.6 is 0 Å². The first-order valence-corrected chi connectivity index (χ1v) is 14.5. The Kier molecular flexibility index (Phi) is 9.20. The van der Waals surface area contributed by atoms with E-state index in [1.165, 1.54) is 0 Å². The van der Waals surface area contributed by atoms with Crippen molar-refractivity contribution >= 4 is 15.9 Å². The van der Waals surface area contributed by atoms with Gasteiger partial charge < -0.3 is 10.1 Å². The molecule has 1 saturated heterocycles. The molecule has 3 aromatic rings. The molecule has 0 spiro atoms. The third-order valence-corrected chi connectivity index (χ3v) is 8.78. The Morgan fingerprint density at radius 1 is 0.895 bits per heavy atom. The molecule has 0 aliphatic carbocycles. The van der Waals surface area contributed by atoms with Gasteiger partial charge in [0.2, 0.25) is 10.0 Å². The minimum Gasteiger partial charge on any atom is -0.497 e. The molecule has 1 aliphatic heterocycles. The molecule has 0 aromatic heterocycles. The summed E-state index contributed by atoms with van der Waals surface area (Å²) in [5.41, 5.74) is 2.77. The zero-order valence-electron chi connectivity index (χ0n) is 22.3. The van der Waals surface area contributed by atoms with Gasteiger partial charge in [0.15, 0.2) is 0 Å². The van der Waals surface area contributed by atoms with Gasteiger partial charge in [0, 0.05) is 38.3 Å². The third kappa shape index (κ3) is 7.01. The highest BCUT2D eigenvalue weighted by molar-refractivity contribution is 7.89. The summed E-state index contributed by atoms with van der Waals surface area (Å²) in [6.45, 7) is 7.24. The summed E-state index contributed by atoms with van der Waals surface area (Å²) in [4.78, 5) is 15.7. The number of nitrogens with zero attached hydrogens (tertiary/aromatic N) is 2. The van der Waals surface area contributed by atoms with Crippen molar-refractivity contribution in [1.29, 1.82) is 0 Å². The summed E-state index contributed by atoms with van der Waals surface area (Å²) in [5, 5.41) is 3.20. The van der Waals surface area contributed by atoms with E-state index in [9.17, 15) is 13.2 Å². The van der Waals surface area contributed by atoms with Crippen molar-refractivity contribution in [3.05, 3.63) is 95.6 Å². The molecule has 1 N–H and O–H groups in total. The predicted molar refractivity (Wildman–Crippen MR) is 150 cm³/mol. The fourth-order valence-electron chi connectivity index (χ4n) is 4.72. The van der Waals surface area contributed by atoms with E-state index in [1.807, 2.05) is 54.6 Å². The summed E-state index contributed by atoms with van der Waals surface area (Å²) in [6, 6.07) is 24.0. The number of benzene rings is 3. The van der Waals surface area contributed by atoms with Gasteiger partial charge in [0.1, 0.15) is 5.75 Å². The second kappa shape index (κ2) is 12.6. The zero-order valence-corrected chi connectivity index (χ0v) is 23.2. The number of piperazine rings is 1. The average molecular weight is 536 g/mol. The first-order valence-electron chi connectivity index (χ1n) is 13.1. The molecule has 8 heteroatoms. The number of carbonyl (C=O) groups is 1. The van der Waals surface area contributed by atoms with Gasteiger partial charge in [-0.25, -0.2) is 8.42 Å². The Morgan fingerprint density at radius 3 is 2.11 bits per heavy atom. The van der Waals surface area contributed by atoms with Crippen LogP contribution in [0.25, 0.3) is 0 Å². The van der Waals surface area contributed by atoms with E-state index in [2.05, 4.69) is 24.1 Å². The van der Waals surface area contributed by atoms with Gasteiger partial charge in [-0.15, -0.1) is 0 Å². The largest absolute Gasteiger partial charge is 0.497 e. The van der Waals surface area contributed by atoms with Crippen LogP contribution in [0.1, 0.15) is 47.8 Å². The molecular formula is C30H37N3O4S. The van der Waals surface area contributed by atoms with Crippen LogP contribution in [0.5, 0.6) is 5.75 Å². The molecule has 1 atom stereocenters. The van der Waals surface area contributed by atoms with Crippen molar-refractivity contribution in [3.8, 4) is 5.75 Å². The van der Waals surface area contributed by atoms with Gasteiger partial charge in [-0.1, -0.05) is 56.3 Å². The molecule has 1 amide bonds. The Hall–Kier alpha value is -3.20. The molecule has 7 nitrogen and oxygen atoms in total. The van der Waals surface area contributed by atoms with Crippen LogP contribution in [0.15, 0.2) is 83.8 Å². The van der Waals surface area contributed by atoms with Gasteiger partial charge in [-0.3, -0.25) is 9.69 Å². The minimum absolute atomic E-state index is 0.0865. The first-order chi connectivity index (χ1) is 18.3. The van der Waals surface area contributed by atoms with Crippen LogP contribution in [-0.2, 0) is 16.6 Å². The molecule has 0 radical (unpaired) electrons. The predicted octanol–water partition coefficient (Wildman–Crippen LogP) is 4.72. The Bertz CT molecular complexity index is 1290. The monoisotopic (exact) mass is 535 g/mol. The quantitative estimate of drug-likeness (QED) is 0.407. The van der Waals surface area contributed by atoms with Gasteiger partial charge in [-0.2, -0.15) is 4.31 Å². The molecule has 1 aliphatic rings. The number of amides is 1. The molecule has 202 valence electrons. The van der Waals surface area contributed by atoms with Gasteiger partial charge >= 0.3 is 0 Å². The lowest BCUT2D eigenvalue weighted by Gasteiger charge is -2.34. The minimum atomic E-state index is -3.46. The highest BCUT2D eigenvalue weighted by Gasteiger charge is 2.28. The molecule has 1 heterocycles. The highest BCUT2D eigenvalue weighted by Crippen LogP contribution is 2.24. The van der Waals surface area contributed by atoms with Gasteiger partial charge in [0.25, 0.3) is 5.91 Å². The zero-order chi connectivity index (χ0) is 27.1. The number of ether oxygens (including phenoxy) is 1. The summed E-state index contributed by atoms with van der Waals surface area (Å²) in [5.74, 6) is 1.11. The van der Waals surface area contributed by atoms with Gasteiger partial charge in [-0.05, 0) is 59.9 Å². The molecule has 38 heavy (non-hydrogen) atoms. The summed E-state index contributed by atoms with van der Waals surface area (Å²) >= 11 is 0. The number of sulfonamides is 1. The second-order valence-electron chi connectivity index (χ2n) is 10.1. The van der Waals surface area contributed by atoms with E-state index in [0.717, 1.165) is 23.3 Å². The maximum atomic E-state index is 13.1. The fraction of sp³-hybridized carbons (Fsp3) is 0.367. The van der Waals surface area contributed by atoms with E-state index < -0.39 is 10.0 Å². The maximum Gasteiger partial charge on any atom is 0.251 e. The second-order valence-corrected chi connectivity index (χ2v) is 12.1. The molecular weight excluding hydrogens is 498 g/mol. The van der Waals surface area contributed by atoms with Crippen LogP contribution in [0.4, 0.5) is 0 Å². The highest BCUT2D eigenvalue weighted by atomic mass is 32.2. The fourth-order valence-corrected chi connectivity index (χ4v) is 6.16. The van der Waals surface area contributed by atoms with E-state index in [4.69, 9.17) is 4.74 Å². The van der Waals surface area contributed by atoms with Crippen LogP contribution in [0, 0.1) is 5.92 Å². The van der Waals surface area contributed by atoms with E-state index >= 15 is 0 Å². The number of rotatable bonds is 10. The maximum absolute atomic E-state index is 13.1. The molecule has 0 unspecified atom stereocenters. The Morgan fingerprint density at radius 2 is 1.53 bits per heavy atom. The topological polar surface area (TPSA) is 79.0 Å². The van der Waals surface area contributed by atoms with Crippen LogP contribution < -0.4 is 10.1 Å². The Labute approximate surface area is 226 Å². The lowest BCUT2D eigenvalue weighted by molar-refractivity contribution is 0.0932. The molecule has 3 aromatic carbocycles. The molecule has 0 bridgehead atoms. The van der Waals surface area contributed by atoms with E-state index in [1.54, 1.807) is 35.7 Å². The normalized spacial score (nSPS) is 15.8. The lowest BCUT2D eigenvalue weighted by Crippen LogP contribution is -2.48. The molecule has 4 rings (SSSR count). The summed E-state index contributed by atoms with van der Waals surface area (Å²) in [7, 11) is -1.82. The van der Waals surface area contributed by atoms with Crippen molar-refractivity contribution in [1.82, 2.24) is 14.5 Å².